The molecule has 0 aliphatic carbocycles. The molecule has 1 heterocycles. The summed E-state index contributed by atoms with van der Waals surface area (Å²) in [5.74, 6) is 0.184. The summed E-state index contributed by atoms with van der Waals surface area (Å²) < 4.78 is 13.5. The molecular formula is C18H24FNS. The van der Waals surface area contributed by atoms with Crippen LogP contribution in [0.2, 0.25) is 0 Å². The smallest absolute Gasteiger partial charge is 0.123 e. The first-order chi connectivity index (χ1) is 10.2. The highest BCUT2D eigenvalue weighted by Crippen LogP contribution is 2.26. The molecule has 1 aromatic heterocycles. The average molecular weight is 305 g/mol. The third kappa shape index (κ3) is 4.94. The Morgan fingerprint density at radius 2 is 1.95 bits per heavy atom. The van der Waals surface area contributed by atoms with Crippen LogP contribution < -0.4 is 5.32 Å². The van der Waals surface area contributed by atoms with Crippen molar-refractivity contribution in [2.24, 2.45) is 0 Å². The van der Waals surface area contributed by atoms with Crippen molar-refractivity contribution in [3.05, 3.63) is 57.5 Å². The number of thiophene rings is 1. The van der Waals surface area contributed by atoms with E-state index >= 15 is 0 Å². The second kappa shape index (κ2) is 8.30. The van der Waals surface area contributed by atoms with Crippen LogP contribution in [0.4, 0.5) is 4.39 Å². The van der Waals surface area contributed by atoms with Gasteiger partial charge >= 0.3 is 0 Å². The summed E-state index contributed by atoms with van der Waals surface area (Å²) >= 11 is 1.88. The fourth-order valence-corrected chi connectivity index (χ4v) is 3.52. The molecule has 2 rings (SSSR count). The lowest BCUT2D eigenvalue weighted by atomic mass is 9.94. The van der Waals surface area contributed by atoms with Gasteiger partial charge in [-0.05, 0) is 55.6 Å². The summed E-state index contributed by atoms with van der Waals surface area (Å²) in [6.07, 6.45) is 3.18. The molecule has 2 aromatic rings. The SMILES string of the molecule is CCCNCC(Cc1ccc(CC)s1)c1cccc(F)c1. The van der Waals surface area contributed by atoms with E-state index in [9.17, 15) is 4.39 Å². The van der Waals surface area contributed by atoms with Crippen LogP contribution >= 0.6 is 11.3 Å². The van der Waals surface area contributed by atoms with E-state index in [0.29, 0.717) is 5.92 Å². The van der Waals surface area contributed by atoms with Crippen LogP contribution in [0.15, 0.2) is 36.4 Å². The summed E-state index contributed by atoms with van der Waals surface area (Å²) in [5.41, 5.74) is 1.09. The van der Waals surface area contributed by atoms with Gasteiger partial charge in [0.2, 0.25) is 0 Å². The third-order valence-corrected chi connectivity index (χ3v) is 4.90. The molecule has 1 atom stereocenters. The molecule has 1 N–H and O–H groups in total. The van der Waals surface area contributed by atoms with E-state index in [0.717, 1.165) is 37.9 Å². The first-order valence-electron chi connectivity index (χ1n) is 7.76. The second-order valence-electron chi connectivity index (χ2n) is 5.38. The number of nitrogens with one attached hydrogen (secondary N) is 1. The molecule has 1 aromatic carbocycles. The van der Waals surface area contributed by atoms with Gasteiger partial charge in [0.25, 0.3) is 0 Å². The fraction of sp³-hybridized carbons (Fsp3) is 0.444. The zero-order chi connectivity index (χ0) is 15.1. The first kappa shape index (κ1) is 16.2. The Labute approximate surface area is 131 Å². The molecule has 0 bridgehead atoms. The van der Waals surface area contributed by atoms with Gasteiger partial charge in [-0.1, -0.05) is 26.0 Å². The number of rotatable bonds is 8. The quantitative estimate of drug-likeness (QED) is 0.692. The molecule has 0 fully saturated rings. The first-order valence-corrected chi connectivity index (χ1v) is 8.58. The Bertz CT molecular complexity index is 550. The van der Waals surface area contributed by atoms with Crippen LogP contribution in [0.1, 0.15) is 41.5 Å². The van der Waals surface area contributed by atoms with Crippen LogP contribution in [-0.4, -0.2) is 13.1 Å². The van der Waals surface area contributed by atoms with Gasteiger partial charge in [-0.3, -0.25) is 0 Å². The predicted octanol–water partition coefficient (Wildman–Crippen LogP) is 4.78. The van der Waals surface area contributed by atoms with Crippen molar-refractivity contribution >= 4 is 11.3 Å². The van der Waals surface area contributed by atoms with Gasteiger partial charge in [0.05, 0.1) is 0 Å². The normalized spacial score (nSPS) is 12.5. The molecule has 114 valence electrons. The van der Waals surface area contributed by atoms with Crippen molar-refractivity contribution in [3.8, 4) is 0 Å². The predicted molar refractivity (Wildman–Crippen MR) is 89.7 cm³/mol. The van der Waals surface area contributed by atoms with Gasteiger partial charge in [-0.2, -0.15) is 0 Å². The highest BCUT2D eigenvalue weighted by Gasteiger charge is 2.14. The minimum absolute atomic E-state index is 0.145. The van der Waals surface area contributed by atoms with Gasteiger partial charge < -0.3 is 5.32 Å². The van der Waals surface area contributed by atoms with Crippen molar-refractivity contribution in [2.75, 3.05) is 13.1 Å². The molecule has 0 aliphatic heterocycles. The Hall–Kier alpha value is -1.19. The van der Waals surface area contributed by atoms with Crippen molar-refractivity contribution < 1.29 is 4.39 Å². The van der Waals surface area contributed by atoms with Gasteiger partial charge in [0, 0.05) is 22.2 Å². The molecule has 0 spiro atoms. The van der Waals surface area contributed by atoms with E-state index in [4.69, 9.17) is 0 Å². The van der Waals surface area contributed by atoms with Crippen LogP contribution in [0.25, 0.3) is 0 Å². The number of benzene rings is 1. The Morgan fingerprint density at radius 1 is 1.14 bits per heavy atom. The standard InChI is InChI=1S/C18H24FNS/c1-3-10-20-13-15(14-6-5-7-16(19)11-14)12-18-9-8-17(4-2)21-18/h5-9,11,15,20H,3-4,10,12-13H2,1-2H3. The molecule has 21 heavy (non-hydrogen) atoms. The zero-order valence-corrected chi connectivity index (χ0v) is 13.7. The Morgan fingerprint density at radius 3 is 2.62 bits per heavy atom. The van der Waals surface area contributed by atoms with Crippen molar-refractivity contribution in [1.29, 1.82) is 0 Å². The summed E-state index contributed by atoms with van der Waals surface area (Å²) in [4.78, 5) is 2.81. The van der Waals surface area contributed by atoms with Crippen LogP contribution in [0, 0.1) is 5.82 Å². The molecule has 0 radical (unpaired) electrons. The van der Waals surface area contributed by atoms with Gasteiger partial charge in [0.15, 0.2) is 0 Å². The number of hydrogen-bond donors (Lipinski definition) is 1. The van der Waals surface area contributed by atoms with Crippen molar-refractivity contribution in [1.82, 2.24) is 5.32 Å². The Balaban J connectivity index is 2.11. The summed E-state index contributed by atoms with van der Waals surface area (Å²) in [6, 6.07) is 11.5. The number of aryl methyl sites for hydroxylation is 1. The topological polar surface area (TPSA) is 12.0 Å². The van der Waals surface area contributed by atoms with Gasteiger partial charge in [0.1, 0.15) is 5.82 Å². The summed E-state index contributed by atoms with van der Waals surface area (Å²) in [6.45, 7) is 6.26. The number of hydrogen-bond acceptors (Lipinski definition) is 2. The molecule has 3 heteroatoms. The summed E-state index contributed by atoms with van der Waals surface area (Å²) in [7, 11) is 0. The molecular weight excluding hydrogens is 281 g/mol. The average Bonchev–Trinajstić information content (AvgIpc) is 2.94. The highest BCUT2D eigenvalue weighted by atomic mass is 32.1. The van der Waals surface area contributed by atoms with E-state index < -0.39 is 0 Å². The zero-order valence-electron chi connectivity index (χ0n) is 12.9. The fourth-order valence-electron chi connectivity index (χ4n) is 2.49. The van der Waals surface area contributed by atoms with Crippen LogP contribution in [0.5, 0.6) is 0 Å². The minimum Gasteiger partial charge on any atom is -0.316 e. The van der Waals surface area contributed by atoms with E-state index in [1.54, 1.807) is 6.07 Å². The Kier molecular flexibility index (Phi) is 6.40. The van der Waals surface area contributed by atoms with Crippen LogP contribution in [0.3, 0.4) is 0 Å². The lowest BCUT2D eigenvalue weighted by molar-refractivity contribution is 0.571. The monoisotopic (exact) mass is 305 g/mol. The van der Waals surface area contributed by atoms with Crippen molar-refractivity contribution in [2.45, 2.75) is 39.0 Å². The van der Waals surface area contributed by atoms with E-state index in [-0.39, 0.29) is 5.82 Å². The van der Waals surface area contributed by atoms with Gasteiger partial charge in [-0.15, -0.1) is 11.3 Å². The maximum Gasteiger partial charge on any atom is 0.123 e. The maximum atomic E-state index is 13.5. The van der Waals surface area contributed by atoms with E-state index in [2.05, 4.69) is 31.3 Å². The number of halogens is 1. The lowest BCUT2D eigenvalue weighted by Crippen LogP contribution is -2.23. The summed E-state index contributed by atoms with van der Waals surface area (Å²) in [5, 5.41) is 3.48. The highest BCUT2D eigenvalue weighted by molar-refractivity contribution is 7.11. The van der Waals surface area contributed by atoms with Crippen LogP contribution in [-0.2, 0) is 12.8 Å². The second-order valence-corrected chi connectivity index (χ2v) is 6.63. The largest absolute Gasteiger partial charge is 0.316 e. The van der Waals surface area contributed by atoms with E-state index in [1.165, 1.54) is 15.8 Å². The molecule has 1 unspecified atom stereocenters. The molecule has 0 saturated heterocycles. The molecule has 0 amide bonds. The molecule has 1 nitrogen and oxygen atoms in total. The van der Waals surface area contributed by atoms with E-state index in [1.807, 2.05) is 23.5 Å². The molecule has 0 aliphatic rings. The maximum absolute atomic E-state index is 13.5. The minimum atomic E-state index is -0.145. The van der Waals surface area contributed by atoms with Crippen molar-refractivity contribution in [3.63, 3.8) is 0 Å². The van der Waals surface area contributed by atoms with Gasteiger partial charge in [-0.25, -0.2) is 4.39 Å². The lowest BCUT2D eigenvalue weighted by Gasteiger charge is -2.17. The molecule has 0 saturated carbocycles. The third-order valence-electron chi connectivity index (χ3n) is 3.65.